The van der Waals surface area contributed by atoms with E-state index in [1.165, 1.54) is 0 Å². The van der Waals surface area contributed by atoms with Gasteiger partial charge in [-0.2, -0.15) is 11.8 Å². The third kappa shape index (κ3) is 5.89. The van der Waals surface area contributed by atoms with E-state index in [0.29, 0.717) is 12.6 Å². The zero-order valence-corrected chi connectivity index (χ0v) is 11.6. The molecule has 0 aliphatic heterocycles. The first-order valence-corrected chi connectivity index (χ1v) is 7.17. The molecule has 17 heavy (non-hydrogen) atoms. The van der Waals surface area contributed by atoms with Crippen molar-refractivity contribution in [2.45, 2.75) is 45.5 Å². The van der Waals surface area contributed by atoms with Crippen LogP contribution >= 0.6 is 11.8 Å². The lowest BCUT2D eigenvalue weighted by molar-refractivity contribution is 0.579. The molecule has 1 aromatic heterocycles. The van der Waals surface area contributed by atoms with Gasteiger partial charge in [-0.15, -0.1) is 0 Å². The highest BCUT2D eigenvalue weighted by Crippen LogP contribution is 2.08. The molecular formula is C12H21N3OS. The van der Waals surface area contributed by atoms with E-state index in [2.05, 4.69) is 36.1 Å². The van der Waals surface area contributed by atoms with Gasteiger partial charge in [-0.3, -0.25) is 4.79 Å². The molecular weight excluding hydrogens is 234 g/mol. The number of nitrogens with one attached hydrogen (secondary N) is 2. The number of H-pyrrole nitrogens is 1. The van der Waals surface area contributed by atoms with Gasteiger partial charge in [0.1, 0.15) is 5.82 Å². The lowest BCUT2D eigenvalue weighted by Crippen LogP contribution is -2.24. The van der Waals surface area contributed by atoms with Crippen molar-refractivity contribution in [1.29, 1.82) is 0 Å². The van der Waals surface area contributed by atoms with E-state index in [4.69, 9.17) is 0 Å². The number of aromatic nitrogens is 2. The van der Waals surface area contributed by atoms with Gasteiger partial charge in [0.2, 0.25) is 0 Å². The molecule has 1 aromatic rings. The predicted molar refractivity (Wildman–Crippen MR) is 73.3 cm³/mol. The van der Waals surface area contributed by atoms with Gasteiger partial charge in [0, 0.05) is 18.7 Å². The predicted octanol–water partition coefficient (Wildman–Crippen LogP) is 1.91. The zero-order valence-electron chi connectivity index (χ0n) is 10.7. The molecule has 0 amide bonds. The lowest BCUT2D eigenvalue weighted by atomic mass is 10.3. The summed E-state index contributed by atoms with van der Waals surface area (Å²) in [6.45, 7) is 6.94. The molecule has 0 spiro atoms. The maximum Gasteiger partial charge on any atom is 0.251 e. The zero-order chi connectivity index (χ0) is 12.7. The highest BCUT2D eigenvalue weighted by Gasteiger charge is 2.02. The Morgan fingerprint density at radius 3 is 2.94 bits per heavy atom. The van der Waals surface area contributed by atoms with Gasteiger partial charge < -0.3 is 10.3 Å². The minimum atomic E-state index is -0.0624. The molecule has 0 bridgehead atoms. The summed E-state index contributed by atoms with van der Waals surface area (Å²) in [5.41, 5.74) is 0.752. The van der Waals surface area contributed by atoms with Gasteiger partial charge in [0.05, 0.1) is 11.4 Å². The molecule has 0 aliphatic rings. The first-order valence-electron chi connectivity index (χ1n) is 6.02. The summed E-state index contributed by atoms with van der Waals surface area (Å²) in [5.74, 6) is 2.65. The van der Waals surface area contributed by atoms with Crippen molar-refractivity contribution >= 4 is 11.8 Å². The van der Waals surface area contributed by atoms with Gasteiger partial charge in [0.25, 0.3) is 5.56 Å². The van der Waals surface area contributed by atoms with E-state index in [1.54, 1.807) is 17.8 Å². The summed E-state index contributed by atoms with van der Waals surface area (Å²) in [4.78, 5) is 18.7. The van der Waals surface area contributed by atoms with Crippen LogP contribution in [-0.2, 0) is 12.3 Å². The van der Waals surface area contributed by atoms with E-state index >= 15 is 0 Å². The van der Waals surface area contributed by atoms with Gasteiger partial charge in [-0.1, -0.05) is 20.8 Å². The average Bonchev–Trinajstić information content (AvgIpc) is 2.26. The number of aromatic amines is 1. The second-order valence-electron chi connectivity index (χ2n) is 4.27. The normalized spacial score (nSPS) is 11.1. The molecule has 0 unspecified atom stereocenters. The molecule has 5 heteroatoms. The first kappa shape index (κ1) is 14.3. The third-order valence-electron chi connectivity index (χ3n) is 2.12. The Kier molecular flexibility index (Phi) is 6.29. The quantitative estimate of drug-likeness (QED) is 0.731. The smallest absolute Gasteiger partial charge is 0.251 e. The van der Waals surface area contributed by atoms with Crippen molar-refractivity contribution in [1.82, 2.24) is 15.3 Å². The van der Waals surface area contributed by atoms with Crippen LogP contribution in [0.3, 0.4) is 0 Å². The minimum absolute atomic E-state index is 0.0624. The van der Waals surface area contributed by atoms with Crippen LogP contribution in [0.25, 0.3) is 0 Å². The topological polar surface area (TPSA) is 57.8 Å². The van der Waals surface area contributed by atoms with Crippen LogP contribution in [0.4, 0.5) is 0 Å². The molecule has 0 radical (unpaired) electrons. The number of nitrogens with zero attached hydrogens (tertiary/aromatic N) is 1. The molecule has 96 valence electrons. The molecule has 2 N–H and O–H groups in total. The van der Waals surface area contributed by atoms with E-state index in [-0.39, 0.29) is 5.56 Å². The second-order valence-corrected chi connectivity index (χ2v) is 5.38. The largest absolute Gasteiger partial charge is 0.310 e. The SMILES string of the molecule is CCCSCc1nc(CNC(C)C)cc(=O)[nH]1. The maximum atomic E-state index is 11.5. The van der Waals surface area contributed by atoms with Crippen molar-refractivity contribution in [3.05, 3.63) is 27.9 Å². The molecule has 0 saturated carbocycles. The van der Waals surface area contributed by atoms with Crippen LogP contribution in [0, 0.1) is 0 Å². The fourth-order valence-corrected chi connectivity index (χ4v) is 2.11. The van der Waals surface area contributed by atoms with E-state index in [0.717, 1.165) is 29.4 Å². The molecule has 1 rings (SSSR count). The Morgan fingerprint density at radius 2 is 2.29 bits per heavy atom. The van der Waals surface area contributed by atoms with Gasteiger partial charge in [-0.25, -0.2) is 4.98 Å². The fourth-order valence-electron chi connectivity index (χ4n) is 1.34. The average molecular weight is 255 g/mol. The Balaban J connectivity index is 2.62. The molecule has 0 atom stereocenters. The third-order valence-corrected chi connectivity index (χ3v) is 3.30. The fraction of sp³-hybridized carbons (Fsp3) is 0.667. The Hall–Kier alpha value is -0.810. The van der Waals surface area contributed by atoms with Crippen LogP contribution in [0.5, 0.6) is 0 Å². The number of rotatable bonds is 7. The van der Waals surface area contributed by atoms with Crippen molar-refractivity contribution in [2.24, 2.45) is 0 Å². The van der Waals surface area contributed by atoms with Crippen molar-refractivity contribution in [3.8, 4) is 0 Å². The van der Waals surface area contributed by atoms with E-state index in [9.17, 15) is 4.79 Å². The van der Waals surface area contributed by atoms with Crippen LogP contribution in [0.2, 0.25) is 0 Å². The minimum Gasteiger partial charge on any atom is -0.310 e. The number of hydrogen-bond donors (Lipinski definition) is 2. The number of hydrogen-bond acceptors (Lipinski definition) is 4. The van der Waals surface area contributed by atoms with Gasteiger partial charge in [0.15, 0.2) is 0 Å². The molecule has 0 aliphatic carbocycles. The van der Waals surface area contributed by atoms with Gasteiger partial charge >= 0.3 is 0 Å². The molecule has 1 heterocycles. The van der Waals surface area contributed by atoms with Crippen LogP contribution in [0.1, 0.15) is 38.7 Å². The van der Waals surface area contributed by atoms with E-state index < -0.39 is 0 Å². The Bertz CT molecular complexity index is 390. The summed E-state index contributed by atoms with van der Waals surface area (Å²) in [6, 6.07) is 1.96. The molecule has 4 nitrogen and oxygen atoms in total. The standard InChI is InChI=1S/C12H21N3OS/c1-4-5-17-8-11-14-10(6-12(16)15-11)7-13-9(2)3/h6,9,13H,4-5,7-8H2,1-3H3,(H,14,15,16). The molecule has 0 fully saturated rings. The Morgan fingerprint density at radius 1 is 1.53 bits per heavy atom. The number of thioether (sulfide) groups is 1. The molecule has 0 aromatic carbocycles. The summed E-state index contributed by atoms with van der Waals surface area (Å²) >= 11 is 1.80. The van der Waals surface area contributed by atoms with Crippen molar-refractivity contribution in [2.75, 3.05) is 5.75 Å². The maximum absolute atomic E-state index is 11.5. The summed E-state index contributed by atoms with van der Waals surface area (Å²) < 4.78 is 0. The van der Waals surface area contributed by atoms with E-state index in [1.807, 2.05) is 0 Å². The summed E-state index contributed by atoms with van der Waals surface area (Å²) in [6.07, 6.45) is 1.14. The highest BCUT2D eigenvalue weighted by molar-refractivity contribution is 7.98. The highest BCUT2D eigenvalue weighted by atomic mass is 32.2. The molecule has 0 saturated heterocycles. The Labute approximate surface area is 107 Å². The monoisotopic (exact) mass is 255 g/mol. The van der Waals surface area contributed by atoms with Gasteiger partial charge in [-0.05, 0) is 12.2 Å². The van der Waals surface area contributed by atoms with Crippen molar-refractivity contribution in [3.63, 3.8) is 0 Å². The van der Waals surface area contributed by atoms with Crippen LogP contribution < -0.4 is 10.9 Å². The van der Waals surface area contributed by atoms with Crippen molar-refractivity contribution < 1.29 is 0 Å². The lowest BCUT2D eigenvalue weighted by Gasteiger charge is -2.08. The second kappa shape index (κ2) is 7.50. The summed E-state index contributed by atoms with van der Waals surface area (Å²) in [5, 5.41) is 3.26. The first-order chi connectivity index (χ1) is 8.11. The van der Waals surface area contributed by atoms with Crippen LogP contribution in [0.15, 0.2) is 10.9 Å². The van der Waals surface area contributed by atoms with Crippen LogP contribution in [-0.4, -0.2) is 21.8 Å². The summed E-state index contributed by atoms with van der Waals surface area (Å²) in [7, 11) is 0.